The van der Waals surface area contributed by atoms with Crippen LogP contribution in [0.4, 0.5) is 5.82 Å². The third kappa shape index (κ3) is 5.57. The Kier molecular flexibility index (Phi) is 7.27. The number of methoxy groups -OCH3 is 2. The largest absolute Gasteiger partial charge is 0.496 e. The Morgan fingerprint density at radius 1 is 1.17 bits per heavy atom. The number of amides is 1. The molecule has 0 unspecified atom stereocenters. The molecule has 2 heterocycles. The van der Waals surface area contributed by atoms with Crippen LogP contribution in [0.5, 0.6) is 11.5 Å². The fourth-order valence-corrected chi connectivity index (χ4v) is 4.83. The molecule has 1 aromatic carbocycles. The Balaban J connectivity index is 1.71. The number of aldehydes is 1. The minimum atomic E-state index is -1.22. The highest BCUT2D eigenvalue weighted by Gasteiger charge is 2.42. The number of nitrogens with zero attached hydrogens (tertiary/aromatic N) is 2. The van der Waals surface area contributed by atoms with Gasteiger partial charge in [-0.3, -0.25) is 4.79 Å². The molecule has 1 saturated carbocycles. The second-order valence-electron chi connectivity index (χ2n) is 10.1. The van der Waals surface area contributed by atoms with Gasteiger partial charge in [0.25, 0.3) is 0 Å². The zero-order chi connectivity index (χ0) is 25.2. The predicted molar refractivity (Wildman–Crippen MR) is 139 cm³/mol. The van der Waals surface area contributed by atoms with Gasteiger partial charge in [0.2, 0.25) is 5.91 Å². The van der Waals surface area contributed by atoms with Crippen LogP contribution in [0.25, 0.3) is 22.2 Å². The van der Waals surface area contributed by atoms with E-state index in [9.17, 15) is 9.59 Å². The molecule has 2 atom stereocenters. The molecule has 1 aliphatic rings. The van der Waals surface area contributed by atoms with E-state index in [0.29, 0.717) is 42.7 Å². The van der Waals surface area contributed by atoms with Crippen molar-refractivity contribution in [2.75, 3.05) is 26.1 Å². The number of aromatic nitrogens is 2. The molecule has 1 aliphatic carbocycles. The highest BCUT2D eigenvalue weighted by Crippen LogP contribution is 2.42. The minimum Gasteiger partial charge on any atom is -0.496 e. The van der Waals surface area contributed by atoms with Crippen LogP contribution in [0.1, 0.15) is 6.42 Å². The van der Waals surface area contributed by atoms with Crippen LogP contribution in [0.15, 0.2) is 36.5 Å². The van der Waals surface area contributed by atoms with E-state index in [1.54, 1.807) is 20.3 Å². The van der Waals surface area contributed by atoms with Gasteiger partial charge in [-0.15, -0.1) is 0 Å². The van der Waals surface area contributed by atoms with Gasteiger partial charge in [0, 0.05) is 43.7 Å². The van der Waals surface area contributed by atoms with Crippen LogP contribution in [-0.2, 0) is 21.1 Å². The Morgan fingerprint density at radius 2 is 1.89 bits per heavy atom. The molecule has 186 valence electrons. The summed E-state index contributed by atoms with van der Waals surface area (Å²) in [7, 11) is 2.05. The van der Waals surface area contributed by atoms with Gasteiger partial charge in [-0.25, -0.2) is 4.98 Å². The first-order valence-corrected chi connectivity index (χ1v) is 15.5. The van der Waals surface area contributed by atoms with Gasteiger partial charge >= 0.3 is 0 Å². The third-order valence-electron chi connectivity index (χ3n) is 6.25. The number of anilines is 1. The van der Waals surface area contributed by atoms with Gasteiger partial charge in [-0.05, 0) is 36.7 Å². The van der Waals surface area contributed by atoms with Crippen molar-refractivity contribution >= 4 is 37.1 Å². The molecule has 1 fully saturated rings. The molecule has 4 rings (SSSR count). The molecular weight excluding hydrogens is 462 g/mol. The number of nitrogens with one attached hydrogen (secondary N) is 1. The van der Waals surface area contributed by atoms with Crippen LogP contribution in [0.2, 0.25) is 25.7 Å². The molecule has 0 aliphatic heterocycles. The van der Waals surface area contributed by atoms with Gasteiger partial charge in [0.05, 0.1) is 19.8 Å². The second kappa shape index (κ2) is 10.2. The van der Waals surface area contributed by atoms with Crippen molar-refractivity contribution < 1.29 is 23.8 Å². The third-order valence-corrected chi connectivity index (χ3v) is 7.95. The lowest BCUT2D eigenvalue weighted by Crippen LogP contribution is -2.22. The SMILES string of the molecule is COc1cccc(OC)c1-c1cn(COCC[Si](C)(C)C)c2nc(NC(=O)[C@@H]3C[C@@H]3C=O)ccc12. The average molecular weight is 496 g/mol. The molecule has 0 bridgehead atoms. The zero-order valence-electron chi connectivity index (χ0n) is 21.0. The molecule has 2 aromatic heterocycles. The molecule has 0 saturated heterocycles. The van der Waals surface area contributed by atoms with Gasteiger partial charge in [0.15, 0.2) is 0 Å². The molecule has 3 aromatic rings. The molecule has 35 heavy (non-hydrogen) atoms. The number of ether oxygens (including phenoxy) is 3. The smallest absolute Gasteiger partial charge is 0.229 e. The number of carbonyl (C=O) groups excluding carboxylic acids is 2. The molecule has 1 N–H and O–H groups in total. The molecule has 0 spiro atoms. The first-order valence-electron chi connectivity index (χ1n) is 11.8. The van der Waals surface area contributed by atoms with E-state index in [-0.39, 0.29) is 17.7 Å². The average Bonchev–Trinajstić information content (AvgIpc) is 3.55. The Morgan fingerprint density at radius 3 is 2.49 bits per heavy atom. The van der Waals surface area contributed by atoms with Crippen molar-refractivity contribution in [1.82, 2.24) is 9.55 Å². The standard InChI is InChI=1S/C26H33N3O5Si/c1-32-21-7-6-8-22(33-2)24(21)20-14-29(16-34-11-12-35(3,4)5)25-18(20)9-10-23(27-25)28-26(31)19-13-17(19)15-30/h6-10,14-15,17,19H,11-13,16H2,1-5H3,(H,27,28,31)/t17-,19-/m1/s1. The lowest BCUT2D eigenvalue weighted by molar-refractivity contribution is -0.119. The quantitative estimate of drug-likeness (QED) is 0.233. The summed E-state index contributed by atoms with van der Waals surface area (Å²) in [5, 5.41) is 3.75. The van der Waals surface area contributed by atoms with Crippen LogP contribution in [0.3, 0.4) is 0 Å². The van der Waals surface area contributed by atoms with Crippen molar-refractivity contribution in [1.29, 1.82) is 0 Å². The van der Waals surface area contributed by atoms with Crippen molar-refractivity contribution in [2.45, 2.75) is 38.8 Å². The Hall–Kier alpha value is -3.17. The molecule has 1 amide bonds. The second-order valence-corrected chi connectivity index (χ2v) is 15.7. The Bertz CT molecular complexity index is 1210. The fraction of sp³-hybridized carbons (Fsp3) is 0.423. The molecule has 8 nitrogen and oxygen atoms in total. The fourth-order valence-electron chi connectivity index (χ4n) is 4.07. The van der Waals surface area contributed by atoms with E-state index in [1.807, 2.05) is 35.0 Å². The first-order chi connectivity index (χ1) is 16.8. The van der Waals surface area contributed by atoms with Gasteiger partial charge < -0.3 is 28.9 Å². The molecule has 9 heteroatoms. The highest BCUT2D eigenvalue weighted by molar-refractivity contribution is 6.76. The summed E-state index contributed by atoms with van der Waals surface area (Å²) in [5.74, 6) is 1.19. The van der Waals surface area contributed by atoms with Crippen LogP contribution in [-0.4, -0.2) is 50.6 Å². The van der Waals surface area contributed by atoms with Crippen molar-refractivity contribution in [2.24, 2.45) is 11.8 Å². The normalized spacial score (nSPS) is 17.3. The van der Waals surface area contributed by atoms with Crippen LogP contribution in [0, 0.1) is 11.8 Å². The van der Waals surface area contributed by atoms with Gasteiger partial charge in [-0.1, -0.05) is 25.7 Å². The molecule has 0 radical (unpaired) electrons. The first kappa shape index (κ1) is 24.9. The summed E-state index contributed by atoms with van der Waals surface area (Å²) in [6, 6.07) is 10.4. The number of rotatable bonds is 11. The highest BCUT2D eigenvalue weighted by atomic mass is 28.3. The van der Waals surface area contributed by atoms with E-state index < -0.39 is 8.07 Å². The van der Waals surface area contributed by atoms with E-state index in [1.165, 1.54) is 0 Å². The summed E-state index contributed by atoms with van der Waals surface area (Å²) in [5.41, 5.74) is 2.41. The number of hydrogen-bond acceptors (Lipinski definition) is 6. The number of carbonyl (C=O) groups is 2. The minimum absolute atomic E-state index is 0.176. The lowest BCUT2D eigenvalue weighted by Gasteiger charge is -2.15. The number of fused-ring (bicyclic) bond motifs is 1. The summed E-state index contributed by atoms with van der Waals surface area (Å²) in [6.45, 7) is 7.96. The monoisotopic (exact) mass is 495 g/mol. The Labute approximate surface area is 206 Å². The summed E-state index contributed by atoms with van der Waals surface area (Å²) >= 11 is 0. The topological polar surface area (TPSA) is 91.7 Å². The predicted octanol–water partition coefficient (Wildman–Crippen LogP) is 4.81. The van der Waals surface area contributed by atoms with Crippen molar-refractivity contribution in [3.05, 3.63) is 36.5 Å². The number of pyridine rings is 1. The van der Waals surface area contributed by atoms with E-state index in [4.69, 9.17) is 19.2 Å². The van der Waals surface area contributed by atoms with Gasteiger partial charge in [-0.2, -0.15) is 0 Å². The summed E-state index contributed by atoms with van der Waals surface area (Å²) in [6.07, 6.45) is 3.43. The van der Waals surface area contributed by atoms with E-state index >= 15 is 0 Å². The molecular formula is C26H33N3O5Si. The zero-order valence-corrected chi connectivity index (χ0v) is 22.0. The van der Waals surface area contributed by atoms with Crippen molar-refractivity contribution in [3.63, 3.8) is 0 Å². The maximum atomic E-state index is 12.5. The van der Waals surface area contributed by atoms with E-state index in [2.05, 4.69) is 25.0 Å². The van der Waals surface area contributed by atoms with Crippen molar-refractivity contribution in [3.8, 4) is 22.6 Å². The number of benzene rings is 1. The maximum absolute atomic E-state index is 12.5. The van der Waals surface area contributed by atoms with Crippen LogP contribution >= 0.6 is 0 Å². The number of hydrogen-bond donors (Lipinski definition) is 1. The van der Waals surface area contributed by atoms with E-state index in [0.717, 1.165) is 28.8 Å². The maximum Gasteiger partial charge on any atom is 0.229 e. The summed E-state index contributed by atoms with van der Waals surface area (Å²) in [4.78, 5) is 28.2. The lowest BCUT2D eigenvalue weighted by atomic mass is 10.0. The van der Waals surface area contributed by atoms with Crippen LogP contribution < -0.4 is 14.8 Å². The summed E-state index contributed by atoms with van der Waals surface area (Å²) < 4.78 is 19.3. The van der Waals surface area contributed by atoms with Gasteiger partial charge in [0.1, 0.15) is 36.0 Å².